The summed E-state index contributed by atoms with van der Waals surface area (Å²) in [6, 6.07) is 12.6. The summed E-state index contributed by atoms with van der Waals surface area (Å²) in [5.41, 5.74) is 1.42. The number of amides is 1. The molecule has 5 heteroatoms. The van der Waals surface area contributed by atoms with Gasteiger partial charge in [0.15, 0.2) is 11.5 Å². The molecular weight excluding hydrogens is 282 g/mol. The van der Waals surface area contributed by atoms with Crippen molar-refractivity contribution in [2.75, 3.05) is 21.3 Å². The molecule has 2 rings (SSSR count). The molecule has 0 radical (unpaired) electrons. The highest BCUT2D eigenvalue weighted by Crippen LogP contribution is 2.27. The molecule has 0 bridgehead atoms. The first-order valence-corrected chi connectivity index (χ1v) is 6.81. The average molecular weight is 301 g/mol. The number of ether oxygens (including phenoxy) is 3. The molecule has 2 aromatic rings. The molecule has 0 saturated carbocycles. The van der Waals surface area contributed by atoms with Crippen LogP contribution in [0, 0.1) is 0 Å². The predicted octanol–water partition coefficient (Wildman–Crippen LogP) is 2.64. The first kappa shape index (κ1) is 15.7. The van der Waals surface area contributed by atoms with Crippen LogP contribution in [0.15, 0.2) is 42.5 Å². The van der Waals surface area contributed by atoms with Crippen molar-refractivity contribution in [2.45, 2.75) is 6.54 Å². The second kappa shape index (κ2) is 7.36. The van der Waals surface area contributed by atoms with Gasteiger partial charge in [0.2, 0.25) is 0 Å². The Balaban J connectivity index is 2.09. The molecule has 2 aromatic carbocycles. The first-order chi connectivity index (χ1) is 10.7. The zero-order chi connectivity index (χ0) is 15.9. The van der Waals surface area contributed by atoms with E-state index in [1.54, 1.807) is 32.4 Å². The number of hydrogen-bond acceptors (Lipinski definition) is 4. The van der Waals surface area contributed by atoms with Gasteiger partial charge in [0.25, 0.3) is 5.91 Å². The molecule has 0 saturated heterocycles. The SMILES string of the molecule is COc1ccccc1CNC(=O)c1ccc(OC)c(OC)c1. The average Bonchev–Trinajstić information content (AvgIpc) is 2.59. The van der Waals surface area contributed by atoms with Crippen LogP contribution in [0.2, 0.25) is 0 Å². The van der Waals surface area contributed by atoms with Crippen molar-refractivity contribution in [3.05, 3.63) is 53.6 Å². The summed E-state index contributed by atoms with van der Waals surface area (Å²) in [7, 11) is 4.70. The predicted molar refractivity (Wildman–Crippen MR) is 83.7 cm³/mol. The third-order valence-electron chi connectivity index (χ3n) is 3.28. The summed E-state index contributed by atoms with van der Waals surface area (Å²) < 4.78 is 15.6. The van der Waals surface area contributed by atoms with Crippen LogP contribution in [-0.4, -0.2) is 27.2 Å². The molecule has 1 amide bonds. The number of carbonyl (C=O) groups is 1. The highest BCUT2D eigenvalue weighted by molar-refractivity contribution is 5.94. The molecule has 0 unspecified atom stereocenters. The van der Waals surface area contributed by atoms with Gasteiger partial charge in [0.1, 0.15) is 5.75 Å². The Morgan fingerprint density at radius 1 is 0.909 bits per heavy atom. The lowest BCUT2D eigenvalue weighted by molar-refractivity contribution is 0.0950. The minimum absolute atomic E-state index is 0.188. The second-order valence-electron chi connectivity index (χ2n) is 4.56. The van der Waals surface area contributed by atoms with Gasteiger partial charge in [-0.15, -0.1) is 0 Å². The van der Waals surface area contributed by atoms with Crippen LogP contribution < -0.4 is 19.5 Å². The zero-order valence-corrected chi connectivity index (χ0v) is 12.9. The zero-order valence-electron chi connectivity index (χ0n) is 12.9. The molecule has 116 valence electrons. The molecular formula is C17H19NO4. The van der Waals surface area contributed by atoms with Gasteiger partial charge >= 0.3 is 0 Å². The normalized spacial score (nSPS) is 9.95. The minimum atomic E-state index is -0.188. The van der Waals surface area contributed by atoms with Gasteiger partial charge in [-0.1, -0.05) is 18.2 Å². The van der Waals surface area contributed by atoms with Gasteiger partial charge in [0, 0.05) is 17.7 Å². The maximum Gasteiger partial charge on any atom is 0.251 e. The standard InChI is InChI=1S/C17H19NO4/c1-20-14-7-5-4-6-13(14)11-18-17(19)12-8-9-15(21-2)16(10-12)22-3/h4-10H,11H2,1-3H3,(H,18,19). The van der Waals surface area contributed by atoms with E-state index in [1.807, 2.05) is 24.3 Å². The van der Waals surface area contributed by atoms with Gasteiger partial charge in [-0.3, -0.25) is 4.79 Å². The van der Waals surface area contributed by atoms with Crippen LogP contribution in [0.4, 0.5) is 0 Å². The molecule has 0 aliphatic heterocycles. The van der Waals surface area contributed by atoms with Crippen LogP contribution in [0.1, 0.15) is 15.9 Å². The maximum atomic E-state index is 12.2. The number of benzene rings is 2. The van der Waals surface area contributed by atoms with Crippen molar-refractivity contribution in [3.8, 4) is 17.2 Å². The van der Waals surface area contributed by atoms with E-state index in [0.717, 1.165) is 11.3 Å². The Kier molecular flexibility index (Phi) is 5.25. The number of rotatable bonds is 6. The van der Waals surface area contributed by atoms with Crippen LogP contribution in [-0.2, 0) is 6.54 Å². The van der Waals surface area contributed by atoms with E-state index in [1.165, 1.54) is 7.11 Å². The van der Waals surface area contributed by atoms with Crippen LogP contribution in [0.25, 0.3) is 0 Å². The quantitative estimate of drug-likeness (QED) is 0.891. The summed E-state index contributed by atoms with van der Waals surface area (Å²) in [5, 5.41) is 2.86. The Bertz CT molecular complexity index is 655. The van der Waals surface area contributed by atoms with E-state index in [2.05, 4.69) is 5.32 Å². The highest BCUT2D eigenvalue weighted by Gasteiger charge is 2.11. The molecule has 0 aromatic heterocycles. The molecule has 0 aliphatic rings. The van der Waals surface area contributed by atoms with Gasteiger partial charge < -0.3 is 19.5 Å². The molecule has 0 heterocycles. The number of methoxy groups -OCH3 is 3. The fourth-order valence-electron chi connectivity index (χ4n) is 2.10. The fourth-order valence-corrected chi connectivity index (χ4v) is 2.10. The van der Waals surface area contributed by atoms with Crippen molar-refractivity contribution in [2.24, 2.45) is 0 Å². The molecule has 0 spiro atoms. The van der Waals surface area contributed by atoms with Crippen molar-refractivity contribution in [1.82, 2.24) is 5.32 Å². The van der Waals surface area contributed by atoms with E-state index in [0.29, 0.717) is 23.6 Å². The van der Waals surface area contributed by atoms with Crippen molar-refractivity contribution >= 4 is 5.91 Å². The van der Waals surface area contributed by atoms with E-state index >= 15 is 0 Å². The summed E-state index contributed by atoms with van der Waals surface area (Å²) >= 11 is 0. The Morgan fingerprint density at radius 3 is 2.27 bits per heavy atom. The van der Waals surface area contributed by atoms with E-state index in [-0.39, 0.29) is 5.91 Å². The van der Waals surface area contributed by atoms with E-state index < -0.39 is 0 Å². The molecule has 0 fully saturated rings. The van der Waals surface area contributed by atoms with Crippen LogP contribution in [0.5, 0.6) is 17.2 Å². The maximum absolute atomic E-state index is 12.2. The minimum Gasteiger partial charge on any atom is -0.496 e. The lowest BCUT2D eigenvalue weighted by Crippen LogP contribution is -2.23. The Hall–Kier alpha value is -2.69. The smallest absolute Gasteiger partial charge is 0.251 e. The third kappa shape index (κ3) is 3.49. The van der Waals surface area contributed by atoms with Crippen LogP contribution >= 0.6 is 0 Å². The number of carbonyl (C=O) groups excluding carboxylic acids is 1. The lowest BCUT2D eigenvalue weighted by atomic mass is 10.1. The summed E-state index contributed by atoms with van der Waals surface area (Å²) in [6.07, 6.45) is 0. The van der Waals surface area contributed by atoms with E-state index in [9.17, 15) is 4.79 Å². The van der Waals surface area contributed by atoms with Crippen LogP contribution in [0.3, 0.4) is 0 Å². The Morgan fingerprint density at radius 2 is 1.59 bits per heavy atom. The molecule has 0 atom stereocenters. The Labute approximate surface area is 129 Å². The molecule has 5 nitrogen and oxygen atoms in total. The monoisotopic (exact) mass is 301 g/mol. The van der Waals surface area contributed by atoms with Crippen molar-refractivity contribution in [1.29, 1.82) is 0 Å². The molecule has 1 N–H and O–H groups in total. The summed E-state index contributed by atoms with van der Waals surface area (Å²) in [6.45, 7) is 0.386. The first-order valence-electron chi connectivity index (χ1n) is 6.81. The van der Waals surface area contributed by atoms with Gasteiger partial charge in [-0.05, 0) is 24.3 Å². The van der Waals surface area contributed by atoms with Crippen molar-refractivity contribution < 1.29 is 19.0 Å². The number of para-hydroxylation sites is 1. The fraction of sp³-hybridized carbons (Fsp3) is 0.235. The highest BCUT2D eigenvalue weighted by atomic mass is 16.5. The van der Waals surface area contributed by atoms with E-state index in [4.69, 9.17) is 14.2 Å². The van der Waals surface area contributed by atoms with Gasteiger partial charge in [-0.2, -0.15) is 0 Å². The third-order valence-corrected chi connectivity index (χ3v) is 3.28. The summed E-state index contributed by atoms with van der Waals surface area (Å²) in [5.74, 6) is 1.66. The topological polar surface area (TPSA) is 56.8 Å². The van der Waals surface area contributed by atoms with Gasteiger partial charge in [-0.25, -0.2) is 0 Å². The summed E-state index contributed by atoms with van der Waals surface area (Å²) in [4.78, 5) is 12.2. The second-order valence-corrected chi connectivity index (χ2v) is 4.56. The lowest BCUT2D eigenvalue weighted by Gasteiger charge is -2.11. The molecule has 0 aliphatic carbocycles. The van der Waals surface area contributed by atoms with Crippen molar-refractivity contribution in [3.63, 3.8) is 0 Å². The molecule has 22 heavy (non-hydrogen) atoms. The van der Waals surface area contributed by atoms with Gasteiger partial charge in [0.05, 0.1) is 21.3 Å². The number of nitrogens with one attached hydrogen (secondary N) is 1. The largest absolute Gasteiger partial charge is 0.496 e. The number of hydrogen-bond donors (Lipinski definition) is 1.